The Balaban J connectivity index is 2.47. The van der Waals surface area contributed by atoms with Gasteiger partial charge in [0, 0.05) is 13.1 Å². The maximum atomic E-state index is 11.9. The van der Waals surface area contributed by atoms with E-state index in [0.717, 1.165) is 25.9 Å². The maximum absolute atomic E-state index is 11.9. The van der Waals surface area contributed by atoms with Crippen LogP contribution in [0.25, 0.3) is 0 Å². The van der Waals surface area contributed by atoms with Crippen molar-refractivity contribution < 1.29 is 13.2 Å². The summed E-state index contributed by atoms with van der Waals surface area (Å²) in [6, 6.07) is -0.684. The average Bonchev–Trinajstić information content (AvgIpc) is 2.78. The summed E-state index contributed by atoms with van der Waals surface area (Å²) in [5, 5.41) is 0. The normalized spacial score (nSPS) is 18.4. The van der Waals surface area contributed by atoms with E-state index in [-0.39, 0.29) is 11.7 Å². The molecule has 0 bridgehead atoms. The van der Waals surface area contributed by atoms with Crippen LogP contribution in [0.3, 0.4) is 0 Å². The van der Waals surface area contributed by atoms with Crippen molar-refractivity contribution in [2.24, 2.45) is 5.73 Å². The van der Waals surface area contributed by atoms with Gasteiger partial charge in [-0.3, -0.25) is 4.79 Å². The molecular formula is C10H21N3O3S. The average molecular weight is 263 g/mol. The van der Waals surface area contributed by atoms with Gasteiger partial charge in [-0.15, -0.1) is 0 Å². The lowest BCUT2D eigenvalue weighted by Gasteiger charge is -2.21. The molecule has 0 spiro atoms. The molecule has 0 radical (unpaired) electrons. The zero-order valence-corrected chi connectivity index (χ0v) is 11.0. The Hall–Kier alpha value is -0.660. The summed E-state index contributed by atoms with van der Waals surface area (Å²) in [5.41, 5.74) is 5.26. The molecule has 1 unspecified atom stereocenters. The summed E-state index contributed by atoms with van der Waals surface area (Å²) in [6.07, 6.45) is 2.40. The first-order valence-corrected chi connectivity index (χ1v) is 7.60. The summed E-state index contributed by atoms with van der Waals surface area (Å²) >= 11 is 0. The molecular weight excluding hydrogens is 242 g/mol. The molecule has 0 saturated carbocycles. The van der Waals surface area contributed by atoms with E-state index in [1.54, 1.807) is 11.8 Å². The van der Waals surface area contributed by atoms with Crippen molar-refractivity contribution in [3.63, 3.8) is 0 Å². The van der Waals surface area contributed by atoms with Gasteiger partial charge in [-0.1, -0.05) is 0 Å². The zero-order valence-electron chi connectivity index (χ0n) is 10.2. The third-order valence-electron chi connectivity index (χ3n) is 2.76. The van der Waals surface area contributed by atoms with Crippen LogP contribution < -0.4 is 10.5 Å². The standard InChI is InChI=1S/C10H21N3O3S/c1-9(10(14)13-6-2-3-7-13)12-17(15,16)8-4-5-11/h9,12H,2-8,11H2,1H3. The fraction of sp³-hybridized carbons (Fsp3) is 0.900. The Bertz CT molecular complexity index is 350. The Kier molecular flexibility index (Phi) is 5.35. The molecule has 1 rings (SSSR count). The van der Waals surface area contributed by atoms with Crippen LogP contribution in [-0.4, -0.2) is 50.7 Å². The van der Waals surface area contributed by atoms with Gasteiger partial charge in [0.15, 0.2) is 0 Å². The first-order valence-electron chi connectivity index (χ1n) is 5.95. The number of likely N-dealkylation sites (tertiary alicyclic amines) is 1. The first-order chi connectivity index (χ1) is 7.96. The highest BCUT2D eigenvalue weighted by Gasteiger charge is 2.26. The quantitative estimate of drug-likeness (QED) is 0.660. The number of nitrogens with zero attached hydrogens (tertiary/aromatic N) is 1. The van der Waals surface area contributed by atoms with Gasteiger partial charge < -0.3 is 10.6 Å². The molecule has 1 aliphatic rings. The number of nitrogens with one attached hydrogen (secondary N) is 1. The zero-order chi connectivity index (χ0) is 12.9. The molecule has 7 heteroatoms. The molecule has 0 aliphatic carbocycles. The van der Waals surface area contributed by atoms with Crippen molar-refractivity contribution in [2.45, 2.75) is 32.2 Å². The van der Waals surface area contributed by atoms with Crippen LogP contribution in [0.1, 0.15) is 26.2 Å². The van der Waals surface area contributed by atoms with Crippen molar-refractivity contribution in [1.29, 1.82) is 0 Å². The van der Waals surface area contributed by atoms with Gasteiger partial charge in [0.2, 0.25) is 15.9 Å². The minimum atomic E-state index is -3.40. The van der Waals surface area contributed by atoms with E-state index < -0.39 is 16.1 Å². The van der Waals surface area contributed by atoms with Crippen LogP contribution in [0.15, 0.2) is 0 Å². The van der Waals surface area contributed by atoms with Crippen LogP contribution in [0, 0.1) is 0 Å². The molecule has 0 aromatic rings. The topological polar surface area (TPSA) is 92.5 Å². The van der Waals surface area contributed by atoms with E-state index in [2.05, 4.69) is 4.72 Å². The molecule has 0 aromatic carbocycles. The molecule has 6 nitrogen and oxygen atoms in total. The molecule has 17 heavy (non-hydrogen) atoms. The fourth-order valence-electron chi connectivity index (χ4n) is 1.86. The molecule has 1 atom stereocenters. The van der Waals surface area contributed by atoms with Crippen molar-refractivity contribution in [1.82, 2.24) is 9.62 Å². The Morgan fingerprint density at radius 3 is 2.53 bits per heavy atom. The molecule has 1 aliphatic heterocycles. The number of nitrogens with two attached hydrogens (primary N) is 1. The van der Waals surface area contributed by atoms with E-state index in [9.17, 15) is 13.2 Å². The Morgan fingerprint density at radius 2 is 2.00 bits per heavy atom. The molecule has 1 fully saturated rings. The summed E-state index contributed by atoms with van der Waals surface area (Å²) in [7, 11) is -3.40. The fourth-order valence-corrected chi connectivity index (χ4v) is 3.17. The highest BCUT2D eigenvalue weighted by molar-refractivity contribution is 7.89. The van der Waals surface area contributed by atoms with Crippen LogP contribution in [0.4, 0.5) is 0 Å². The van der Waals surface area contributed by atoms with Gasteiger partial charge in [0.1, 0.15) is 0 Å². The van der Waals surface area contributed by atoms with Gasteiger partial charge in [-0.05, 0) is 32.7 Å². The lowest BCUT2D eigenvalue weighted by Crippen LogP contribution is -2.46. The van der Waals surface area contributed by atoms with E-state index in [0.29, 0.717) is 13.0 Å². The first kappa shape index (κ1) is 14.4. The predicted octanol–water partition coefficient (Wildman–Crippen LogP) is -0.734. The third kappa shape index (κ3) is 4.61. The highest BCUT2D eigenvalue weighted by atomic mass is 32.2. The van der Waals surface area contributed by atoms with E-state index in [1.165, 1.54) is 0 Å². The van der Waals surface area contributed by atoms with E-state index in [1.807, 2.05) is 0 Å². The summed E-state index contributed by atoms with van der Waals surface area (Å²) in [6.45, 7) is 3.37. The maximum Gasteiger partial charge on any atom is 0.240 e. The van der Waals surface area contributed by atoms with Crippen molar-refractivity contribution >= 4 is 15.9 Å². The largest absolute Gasteiger partial charge is 0.341 e. The number of rotatable bonds is 6. The molecule has 1 heterocycles. The van der Waals surface area contributed by atoms with Crippen LogP contribution in [-0.2, 0) is 14.8 Å². The van der Waals surface area contributed by atoms with Gasteiger partial charge in [0.05, 0.1) is 11.8 Å². The van der Waals surface area contributed by atoms with Gasteiger partial charge in [-0.25, -0.2) is 13.1 Å². The molecule has 1 amide bonds. The van der Waals surface area contributed by atoms with Crippen molar-refractivity contribution in [3.8, 4) is 0 Å². The van der Waals surface area contributed by atoms with E-state index in [4.69, 9.17) is 5.73 Å². The van der Waals surface area contributed by atoms with Crippen molar-refractivity contribution in [2.75, 3.05) is 25.4 Å². The highest BCUT2D eigenvalue weighted by Crippen LogP contribution is 2.09. The lowest BCUT2D eigenvalue weighted by atomic mass is 10.3. The minimum Gasteiger partial charge on any atom is -0.341 e. The number of carbonyl (C=O) groups excluding carboxylic acids is 1. The van der Waals surface area contributed by atoms with Crippen LogP contribution in [0.2, 0.25) is 0 Å². The lowest BCUT2D eigenvalue weighted by molar-refractivity contribution is -0.131. The van der Waals surface area contributed by atoms with Crippen LogP contribution in [0.5, 0.6) is 0 Å². The predicted molar refractivity (Wildman–Crippen MR) is 65.9 cm³/mol. The molecule has 0 aromatic heterocycles. The molecule has 1 saturated heterocycles. The van der Waals surface area contributed by atoms with E-state index >= 15 is 0 Å². The monoisotopic (exact) mass is 263 g/mol. The SMILES string of the molecule is CC(NS(=O)(=O)CCCN)C(=O)N1CCCC1. The molecule has 100 valence electrons. The van der Waals surface area contributed by atoms with Gasteiger partial charge in [-0.2, -0.15) is 0 Å². The van der Waals surface area contributed by atoms with Gasteiger partial charge in [0.25, 0.3) is 0 Å². The number of carbonyl (C=O) groups is 1. The van der Waals surface area contributed by atoms with Crippen LogP contribution >= 0.6 is 0 Å². The molecule has 3 N–H and O–H groups in total. The second kappa shape index (κ2) is 6.32. The minimum absolute atomic E-state index is 0.0267. The summed E-state index contributed by atoms with van der Waals surface area (Å²) < 4.78 is 25.6. The summed E-state index contributed by atoms with van der Waals surface area (Å²) in [5.74, 6) is -0.167. The Labute approximate surface area is 103 Å². The van der Waals surface area contributed by atoms with Gasteiger partial charge >= 0.3 is 0 Å². The van der Waals surface area contributed by atoms with Crippen molar-refractivity contribution in [3.05, 3.63) is 0 Å². The number of amides is 1. The number of hydrogen-bond acceptors (Lipinski definition) is 4. The second-order valence-electron chi connectivity index (χ2n) is 4.33. The number of hydrogen-bond donors (Lipinski definition) is 2. The second-order valence-corrected chi connectivity index (χ2v) is 6.21. The summed E-state index contributed by atoms with van der Waals surface area (Å²) in [4.78, 5) is 13.6. The smallest absolute Gasteiger partial charge is 0.240 e. The third-order valence-corrected chi connectivity index (χ3v) is 4.30. The Morgan fingerprint density at radius 1 is 1.41 bits per heavy atom. The number of sulfonamides is 1.